The van der Waals surface area contributed by atoms with E-state index in [0.717, 1.165) is 25.7 Å². The van der Waals surface area contributed by atoms with Gasteiger partial charge in [0.15, 0.2) is 0 Å². The Labute approximate surface area is 103 Å². The molecule has 0 radical (unpaired) electrons. The zero-order valence-electron chi connectivity index (χ0n) is 11.2. The molecule has 1 fully saturated rings. The summed E-state index contributed by atoms with van der Waals surface area (Å²) in [5, 5.41) is 0. The Kier molecular flexibility index (Phi) is 5.21. The summed E-state index contributed by atoms with van der Waals surface area (Å²) >= 11 is 0. The number of carbonyl (C=O) groups is 1. The van der Waals surface area contributed by atoms with Gasteiger partial charge in [-0.2, -0.15) is 0 Å². The van der Waals surface area contributed by atoms with Crippen LogP contribution in [0.4, 0.5) is 4.79 Å². The largest absolute Gasteiger partial charge is 0.443 e. The van der Waals surface area contributed by atoms with Gasteiger partial charge in [-0.1, -0.05) is 0 Å². The van der Waals surface area contributed by atoms with Crippen LogP contribution < -0.4 is 10.9 Å². The molecule has 1 aliphatic rings. The summed E-state index contributed by atoms with van der Waals surface area (Å²) in [6.07, 6.45) is 4.05. The molecule has 1 aliphatic carbocycles. The highest BCUT2D eigenvalue weighted by molar-refractivity contribution is 5.67. The molecule has 0 heterocycles. The van der Waals surface area contributed by atoms with Gasteiger partial charge in [-0.3, -0.25) is 5.43 Å². The number of nitrogens with one attached hydrogen (secondary N) is 2. The minimum Gasteiger partial charge on any atom is -0.443 e. The molecule has 1 saturated carbocycles. The minimum atomic E-state index is -0.465. The lowest BCUT2D eigenvalue weighted by atomic mass is 9.93. The Morgan fingerprint density at radius 1 is 1.29 bits per heavy atom. The lowest BCUT2D eigenvalue weighted by Gasteiger charge is -2.29. The van der Waals surface area contributed by atoms with Crippen LogP contribution in [-0.4, -0.2) is 30.9 Å². The Balaban J connectivity index is 2.23. The summed E-state index contributed by atoms with van der Waals surface area (Å²) < 4.78 is 10.5. The number of hydrogen-bond donors (Lipinski definition) is 2. The highest BCUT2D eigenvalue weighted by atomic mass is 16.6. The molecule has 0 bridgehead atoms. The topological polar surface area (TPSA) is 59.6 Å². The van der Waals surface area contributed by atoms with Crippen molar-refractivity contribution in [2.45, 2.75) is 64.2 Å². The molecule has 5 nitrogen and oxygen atoms in total. The molecule has 2 atom stereocenters. The van der Waals surface area contributed by atoms with Gasteiger partial charge >= 0.3 is 6.09 Å². The van der Waals surface area contributed by atoms with E-state index in [1.165, 1.54) is 0 Å². The predicted molar refractivity (Wildman–Crippen MR) is 65.6 cm³/mol. The van der Waals surface area contributed by atoms with Crippen molar-refractivity contribution < 1.29 is 14.3 Å². The summed E-state index contributed by atoms with van der Waals surface area (Å²) in [5.41, 5.74) is 5.13. The van der Waals surface area contributed by atoms with Gasteiger partial charge in [-0.25, -0.2) is 10.2 Å². The molecular weight excluding hydrogens is 220 g/mol. The second-order valence-electron chi connectivity index (χ2n) is 5.49. The molecule has 0 aromatic carbocycles. The lowest BCUT2D eigenvalue weighted by molar-refractivity contribution is 0.0397. The predicted octanol–water partition coefficient (Wildman–Crippen LogP) is 1.97. The third-order valence-corrected chi connectivity index (χ3v) is 2.74. The first-order valence-corrected chi connectivity index (χ1v) is 6.18. The van der Waals surface area contributed by atoms with Crippen molar-refractivity contribution in [3.05, 3.63) is 0 Å². The first kappa shape index (κ1) is 14.3. The van der Waals surface area contributed by atoms with Crippen LogP contribution in [0.2, 0.25) is 0 Å². The van der Waals surface area contributed by atoms with Crippen molar-refractivity contribution in [1.82, 2.24) is 10.9 Å². The summed E-state index contributed by atoms with van der Waals surface area (Å²) in [7, 11) is 1.73. The van der Waals surface area contributed by atoms with Gasteiger partial charge in [-0.15, -0.1) is 0 Å². The van der Waals surface area contributed by atoms with E-state index < -0.39 is 11.7 Å². The van der Waals surface area contributed by atoms with Crippen molar-refractivity contribution in [3.8, 4) is 0 Å². The summed E-state index contributed by atoms with van der Waals surface area (Å²) in [4.78, 5) is 11.4. The van der Waals surface area contributed by atoms with E-state index in [1.54, 1.807) is 7.11 Å². The number of carbonyl (C=O) groups excluding carboxylic acids is 1. The van der Waals surface area contributed by atoms with E-state index in [1.807, 2.05) is 20.8 Å². The van der Waals surface area contributed by atoms with Crippen molar-refractivity contribution in [2.75, 3.05) is 7.11 Å². The third-order valence-electron chi connectivity index (χ3n) is 2.74. The van der Waals surface area contributed by atoms with Gasteiger partial charge in [0, 0.05) is 13.2 Å². The van der Waals surface area contributed by atoms with Crippen LogP contribution in [0.15, 0.2) is 0 Å². The fourth-order valence-electron chi connectivity index (χ4n) is 1.95. The van der Waals surface area contributed by atoms with Crippen LogP contribution in [-0.2, 0) is 9.47 Å². The highest BCUT2D eigenvalue weighted by Gasteiger charge is 2.22. The van der Waals surface area contributed by atoms with E-state index >= 15 is 0 Å². The molecular formula is C12H24N2O3. The van der Waals surface area contributed by atoms with Gasteiger partial charge in [-0.05, 0) is 46.5 Å². The lowest BCUT2D eigenvalue weighted by Crippen LogP contribution is -2.48. The first-order chi connectivity index (χ1) is 7.90. The minimum absolute atomic E-state index is 0.265. The third kappa shape index (κ3) is 5.89. The molecule has 5 heteroatoms. The standard InChI is InChI=1S/C12H24N2O3/c1-12(2,3)17-11(15)14-13-9-6-5-7-10(8-9)16-4/h9-10,13H,5-8H2,1-4H3,(H,14,15). The highest BCUT2D eigenvalue weighted by Crippen LogP contribution is 2.20. The zero-order chi connectivity index (χ0) is 12.9. The van der Waals surface area contributed by atoms with Crippen LogP contribution in [0.25, 0.3) is 0 Å². The van der Waals surface area contributed by atoms with Crippen LogP contribution in [0.1, 0.15) is 46.5 Å². The van der Waals surface area contributed by atoms with Crippen molar-refractivity contribution in [1.29, 1.82) is 0 Å². The summed E-state index contributed by atoms with van der Waals surface area (Å²) in [5.74, 6) is 0. The van der Waals surface area contributed by atoms with Crippen molar-refractivity contribution in [2.24, 2.45) is 0 Å². The number of ether oxygens (including phenoxy) is 2. The Morgan fingerprint density at radius 3 is 2.59 bits per heavy atom. The van der Waals surface area contributed by atoms with E-state index in [2.05, 4.69) is 10.9 Å². The number of amides is 1. The number of rotatable bonds is 3. The van der Waals surface area contributed by atoms with Crippen LogP contribution >= 0.6 is 0 Å². The maximum Gasteiger partial charge on any atom is 0.422 e. The van der Waals surface area contributed by atoms with E-state index in [0.29, 0.717) is 6.10 Å². The zero-order valence-corrected chi connectivity index (χ0v) is 11.2. The summed E-state index contributed by atoms with van der Waals surface area (Å²) in [6.45, 7) is 5.52. The average molecular weight is 244 g/mol. The molecule has 1 rings (SSSR count). The number of hydrogen-bond acceptors (Lipinski definition) is 4. The SMILES string of the molecule is COC1CCCC(NNC(=O)OC(C)(C)C)C1. The normalized spacial score (nSPS) is 25.4. The number of methoxy groups -OCH3 is 1. The Hall–Kier alpha value is -0.810. The molecule has 0 aromatic heterocycles. The molecule has 0 aliphatic heterocycles. The molecule has 1 amide bonds. The fourth-order valence-corrected chi connectivity index (χ4v) is 1.95. The van der Waals surface area contributed by atoms with Gasteiger partial charge in [0.2, 0.25) is 0 Å². The fraction of sp³-hybridized carbons (Fsp3) is 0.917. The van der Waals surface area contributed by atoms with Crippen molar-refractivity contribution >= 4 is 6.09 Å². The molecule has 0 spiro atoms. The molecule has 2 N–H and O–H groups in total. The second kappa shape index (κ2) is 6.21. The summed E-state index contributed by atoms with van der Waals surface area (Å²) in [6, 6.07) is 0.265. The van der Waals surface area contributed by atoms with E-state index in [-0.39, 0.29) is 6.04 Å². The van der Waals surface area contributed by atoms with E-state index in [4.69, 9.17) is 9.47 Å². The monoisotopic (exact) mass is 244 g/mol. The van der Waals surface area contributed by atoms with Crippen LogP contribution in [0.3, 0.4) is 0 Å². The van der Waals surface area contributed by atoms with Gasteiger partial charge in [0.25, 0.3) is 0 Å². The second-order valence-corrected chi connectivity index (χ2v) is 5.49. The molecule has 0 aromatic rings. The average Bonchev–Trinajstić information content (AvgIpc) is 2.24. The van der Waals surface area contributed by atoms with Crippen LogP contribution in [0, 0.1) is 0 Å². The first-order valence-electron chi connectivity index (χ1n) is 6.18. The molecule has 17 heavy (non-hydrogen) atoms. The maximum absolute atomic E-state index is 11.4. The van der Waals surface area contributed by atoms with Crippen molar-refractivity contribution in [3.63, 3.8) is 0 Å². The number of hydrazine groups is 1. The van der Waals surface area contributed by atoms with Crippen LogP contribution in [0.5, 0.6) is 0 Å². The maximum atomic E-state index is 11.4. The molecule has 0 saturated heterocycles. The van der Waals surface area contributed by atoms with Gasteiger partial charge < -0.3 is 9.47 Å². The van der Waals surface area contributed by atoms with Gasteiger partial charge in [0.05, 0.1) is 6.10 Å². The molecule has 2 unspecified atom stereocenters. The molecule has 100 valence electrons. The van der Waals surface area contributed by atoms with E-state index in [9.17, 15) is 4.79 Å². The smallest absolute Gasteiger partial charge is 0.422 e. The quantitative estimate of drug-likeness (QED) is 0.745. The Bertz CT molecular complexity index is 251. The van der Waals surface area contributed by atoms with Gasteiger partial charge in [0.1, 0.15) is 5.60 Å². The Morgan fingerprint density at radius 2 is 2.00 bits per heavy atom.